The van der Waals surface area contributed by atoms with Gasteiger partial charge in [-0.25, -0.2) is 22.2 Å². The lowest BCUT2D eigenvalue weighted by molar-refractivity contribution is -0.136. The fraction of sp³-hybridized carbons (Fsp3) is 0.238. The van der Waals surface area contributed by atoms with E-state index in [2.05, 4.69) is 4.98 Å². The summed E-state index contributed by atoms with van der Waals surface area (Å²) in [7, 11) is -3.43. The van der Waals surface area contributed by atoms with E-state index in [0.717, 1.165) is 13.1 Å². The number of carboxylic acid groups (broad SMARTS) is 1. The summed E-state index contributed by atoms with van der Waals surface area (Å²) in [6.45, 7) is 2.29. The van der Waals surface area contributed by atoms with E-state index >= 15 is 0 Å². The molecule has 0 saturated heterocycles. The topological polar surface area (TPSA) is 93.6 Å². The van der Waals surface area contributed by atoms with Crippen molar-refractivity contribution in [1.29, 1.82) is 0 Å². The number of hydrogen-bond donors (Lipinski definition) is 1. The van der Waals surface area contributed by atoms with Crippen molar-refractivity contribution in [1.82, 2.24) is 4.98 Å². The van der Waals surface area contributed by atoms with Crippen LogP contribution in [0.3, 0.4) is 0 Å². The number of nitrogens with zero attached hydrogens (tertiary/aromatic N) is 1. The fourth-order valence-corrected chi connectivity index (χ4v) is 3.73. The average molecular weight is 435 g/mol. The van der Waals surface area contributed by atoms with Crippen LogP contribution >= 0.6 is 0 Å². The predicted molar refractivity (Wildman–Crippen MR) is 107 cm³/mol. The molecule has 0 radical (unpaired) electrons. The molecule has 9 heteroatoms. The van der Waals surface area contributed by atoms with Crippen LogP contribution in [0, 0.1) is 0 Å². The van der Waals surface area contributed by atoms with Gasteiger partial charge < -0.3 is 9.84 Å². The van der Waals surface area contributed by atoms with Crippen molar-refractivity contribution >= 4 is 26.6 Å². The highest BCUT2D eigenvalue weighted by molar-refractivity contribution is 7.91. The molecular formula is C21H19F2NO5S. The molecule has 0 saturated carbocycles. The Morgan fingerprint density at radius 2 is 1.90 bits per heavy atom. The maximum Gasteiger partial charge on any atom is 0.307 e. The number of aromatic nitrogens is 1. The Kier molecular flexibility index (Phi) is 5.76. The van der Waals surface area contributed by atoms with Gasteiger partial charge >= 0.3 is 5.97 Å². The second-order valence-electron chi connectivity index (χ2n) is 6.83. The SMILES string of the molecule is CCS(=O)(=O)c1ccc(Oc2cc(CC(=O)O)cc3ccc(C(C)(F)F)cc23)nc1. The molecular weight excluding hydrogens is 416 g/mol. The summed E-state index contributed by atoms with van der Waals surface area (Å²) in [6.07, 6.45) is 0.877. The highest BCUT2D eigenvalue weighted by Gasteiger charge is 2.25. The quantitative estimate of drug-likeness (QED) is 0.585. The molecule has 0 aliphatic carbocycles. The summed E-state index contributed by atoms with van der Waals surface area (Å²) in [5.74, 6) is -4.00. The Labute approximate surface area is 172 Å². The molecule has 1 aromatic heterocycles. The van der Waals surface area contributed by atoms with Crippen LogP contribution in [0.15, 0.2) is 53.6 Å². The van der Waals surface area contributed by atoms with Gasteiger partial charge in [0, 0.05) is 30.1 Å². The van der Waals surface area contributed by atoms with Gasteiger partial charge in [0.25, 0.3) is 5.92 Å². The third kappa shape index (κ3) is 4.73. The van der Waals surface area contributed by atoms with E-state index < -0.39 is 21.7 Å². The number of fused-ring (bicyclic) bond motifs is 1. The number of hydrogen-bond acceptors (Lipinski definition) is 5. The second kappa shape index (κ2) is 7.98. The lowest BCUT2D eigenvalue weighted by atomic mass is 10.00. The van der Waals surface area contributed by atoms with E-state index in [1.165, 1.54) is 43.3 Å². The highest BCUT2D eigenvalue weighted by Crippen LogP contribution is 2.36. The highest BCUT2D eigenvalue weighted by atomic mass is 32.2. The van der Waals surface area contributed by atoms with E-state index in [0.29, 0.717) is 16.3 Å². The van der Waals surface area contributed by atoms with E-state index in [9.17, 15) is 22.0 Å². The van der Waals surface area contributed by atoms with Crippen molar-refractivity contribution in [3.8, 4) is 11.6 Å². The van der Waals surface area contributed by atoms with Crippen LogP contribution < -0.4 is 4.74 Å². The van der Waals surface area contributed by atoms with Gasteiger partial charge in [0.05, 0.1) is 17.1 Å². The number of benzene rings is 2. The van der Waals surface area contributed by atoms with Crippen LogP contribution in [0.25, 0.3) is 10.8 Å². The molecule has 0 atom stereocenters. The lowest BCUT2D eigenvalue weighted by Gasteiger charge is -2.15. The van der Waals surface area contributed by atoms with Gasteiger partial charge in [-0.05, 0) is 29.1 Å². The third-order valence-electron chi connectivity index (χ3n) is 4.50. The van der Waals surface area contributed by atoms with E-state index in [4.69, 9.17) is 9.84 Å². The fourth-order valence-electron chi connectivity index (χ4n) is 2.91. The first kappa shape index (κ1) is 21.6. The average Bonchev–Trinajstić information content (AvgIpc) is 2.67. The Morgan fingerprint density at radius 1 is 1.17 bits per heavy atom. The van der Waals surface area contributed by atoms with Gasteiger partial charge in [0.1, 0.15) is 5.75 Å². The molecule has 6 nitrogen and oxygen atoms in total. The van der Waals surface area contributed by atoms with E-state index in [1.54, 1.807) is 6.07 Å². The van der Waals surface area contributed by atoms with Crippen LogP contribution in [0.1, 0.15) is 25.0 Å². The Balaban J connectivity index is 2.08. The Bertz CT molecular complexity index is 1200. The standard InChI is InChI=1S/C21H19F2NO5S/c1-3-30(27,28)16-6-7-19(24-12-16)29-18-9-13(10-20(25)26)8-14-4-5-15(11-17(14)18)21(2,22)23/h4-9,11-12H,3,10H2,1-2H3,(H,25,26). The number of sulfone groups is 1. The van der Waals surface area contributed by atoms with Crippen molar-refractivity contribution in [2.45, 2.75) is 31.1 Å². The summed E-state index contributed by atoms with van der Waals surface area (Å²) in [6, 6.07) is 9.78. The molecule has 3 rings (SSSR count). The van der Waals surface area contributed by atoms with Crippen molar-refractivity contribution in [3.05, 3.63) is 59.8 Å². The van der Waals surface area contributed by atoms with Crippen LogP contribution in [-0.4, -0.2) is 30.2 Å². The van der Waals surface area contributed by atoms with E-state index in [-0.39, 0.29) is 34.3 Å². The number of carbonyl (C=O) groups is 1. The maximum absolute atomic E-state index is 13.8. The third-order valence-corrected chi connectivity index (χ3v) is 6.22. The summed E-state index contributed by atoms with van der Waals surface area (Å²) < 4.78 is 57.2. The molecule has 0 aliphatic rings. The number of alkyl halides is 2. The minimum absolute atomic E-state index is 0.0368. The molecule has 1 N–H and O–H groups in total. The first-order valence-electron chi connectivity index (χ1n) is 9.03. The molecule has 158 valence electrons. The number of carboxylic acids is 1. The Hall–Kier alpha value is -3.07. The van der Waals surface area contributed by atoms with Crippen LogP contribution in [0.4, 0.5) is 8.78 Å². The van der Waals surface area contributed by atoms with Gasteiger partial charge in [-0.3, -0.25) is 4.79 Å². The van der Waals surface area contributed by atoms with Crippen molar-refractivity contribution in [2.75, 3.05) is 5.75 Å². The molecule has 0 amide bonds. The monoisotopic (exact) mass is 435 g/mol. The molecule has 0 spiro atoms. The van der Waals surface area contributed by atoms with Gasteiger partial charge in [-0.2, -0.15) is 0 Å². The minimum atomic E-state index is -3.43. The zero-order chi connectivity index (χ0) is 22.1. The first-order chi connectivity index (χ1) is 14.0. The van der Waals surface area contributed by atoms with E-state index in [1.807, 2.05) is 0 Å². The van der Waals surface area contributed by atoms with Crippen LogP contribution in [-0.2, 0) is 27.0 Å². The number of ether oxygens (including phenoxy) is 1. The molecule has 0 bridgehead atoms. The first-order valence-corrected chi connectivity index (χ1v) is 10.7. The van der Waals surface area contributed by atoms with Gasteiger partial charge in [0.15, 0.2) is 9.84 Å². The minimum Gasteiger partial charge on any atom is -0.481 e. The zero-order valence-corrected chi connectivity index (χ0v) is 17.0. The summed E-state index contributed by atoms with van der Waals surface area (Å²) >= 11 is 0. The molecule has 3 aromatic rings. The number of rotatable bonds is 7. The van der Waals surface area contributed by atoms with Crippen molar-refractivity contribution in [3.63, 3.8) is 0 Å². The lowest BCUT2D eigenvalue weighted by Crippen LogP contribution is -2.07. The smallest absolute Gasteiger partial charge is 0.307 e. The van der Waals surface area contributed by atoms with Crippen LogP contribution in [0.5, 0.6) is 11.6 Å². The molecule has 0 fully saturated rings. The number of halogens is 2. The molecule has 30 heavy (non-hydrogen) atoms. The summed E-state index contributed by atoms with van der Waals surface area (Å²) in [5.41, 5.74) is 0.203. The van der Waals surface area contributed by atoms with Crippen molar-refractivity contribution < 1.29 is 31.8 Å². The van der Waals surface area contributed by atoms with Gasteiger partial charge in [0.2, 0.25) is 5.88 Å². The number of pyridine rings is 1. The predicted octanol–water partition coefficient (Wildman–Crippen LogP) is 4.56. The van der Waals surface area contributed by atoms with Gasteiger partial charge in [-0.1, -0.05) is 25.1 Å². The second-order valence-corrected chi connectivity index (χ2v) is 9.10. The number of aliphatic carboxylic acids is 1. The summed E-state index contributed by atoms with van der Waals surface area (Å²) in [5, 5.41) is 9.98. The largest absolute Gasteiger partial charge is 0.481 e. The normalized spacial score (nSPS) is 12.1. The Morgan fingerprint density at radius 3 is 2.47 bits per heavy atom. The maximum atomic E-state index is 13.8. The van der Waals surface area contributed by atoms with Crippen LogP contribution in [0.2, 0.25) is 0 Å². The summed E-state index contributed by atoms with van der Waals surface area (Å²) in [4.78, 5) is 15.1. The molecule has 0 unspecified atom stereocenters. The van der Waals surface area contributed by atoms with Crippen molar-refractivity contribution in [2.24, 2.45) is 0 Å². The molecule has 1 heterocycles. The molecule has 0 aliphatic heterocycles. The van der Waals surface area contributed by atoms with Gasteiger partial charge in [-0.15, -0.1) is 0 Å². The zero-order valence-electron chi connectivity index (χ0n) is 16.2. The molecule has 2 aromatic carbocycles.